The van der Waals surface area contributed by atoms with E-state index in [2.05, 4.69) is 6.92 Å². The molecule has 0 heterocycles. The summed E-state index contributed by atoms with van der Waals surface area (Å²) < 4.78 is 0. The molecular weight excluding hydrogens is 324 g/mol. The summed E-state index contributed by atoms with van der Waals surface area (Å²) in [6.45, 7) is 3.08. The van der Waals surface area contributed by atoms with Crippen molar-refractivity contribution < 1.29 is 30.3 Å². The smallest absolute Gasteiger partial charge is 0.330 e. The molecule has 0 aromatic rings. The molecule has 0 radical (unpaired) electrons. The van der Waals surface area contributed by atoms with Gasteiger partial charge in [-0.3, -0.25) is 0 Å². The highest BCUT2D eigenvalue weighted by molar-refractivity contribution is 5.85. The Morgan fingerprint density at radius 1 is 1.16 bits per heavy atom. The first-order valence-electron chi connectivity index (χ1n) is 8.79. The van der Waals surface area contributed by atoms with E-state index in [1.165, 1.54) is 13.0 Å². The second kappa shape index (κ2) is 10.5. The third kappa shape index (κ3) is 5.78. The van der Waals surface area contributed by atoms with Crippen molar-refractivity contribution in [2.24, 2.45) is 5.92 Å². The quantitative estimate of drug-likeness (QED) is 0.317. The molecular formula is C19H30O6. The van der Waals surface area contributed by atoms with Gasteiger partial charge in [0.2, 0.25) is 0 Å². The van der Waals surface area contributed by atoms with Crippen LogP contribution in [-0.4, -0.2) is 56.4 Å². The summed E-state index contributed by atoms with van der Waals surface area (Å²) in [4.78, 5) is 10.9. The van der Waals surface area contributed by atoms with Crippen molar-refractivity contribution in [3.8, 4) is 0 Å². The Morgan fingerprint density at radius 2 is 1.84 bits per heavy atom. The molecule has 142 valence electrons. The van der Waals surface area contributed by atoms with E-state index in [1.807, 2.05) is 6.08 Å². The largest absolute Gasteiger partial charge is 0.478 e. The highest BCUT2D eigenvalue weighted by Crippen LogP contribution is 2.34. The number of rotatable bonds is 9. The Balaban J connectivity index is 3.00. The van der Waals surface area contributed by atoms with E-state index in [1.54, 1.807) is 6.08 Å². The van der Waals surface area contributed by atoms with Gasteiger partial charge >= 0.3 is 5.97 Å². The Morgan fingerprint density at radius 3 is 2.40 bits per heavy atom. The van der Waals surface area contributed by atoms with Gasteiger partial charge in [0.1, 0.15) is 6.10 Å². The molecule has 0 unspecified atom stereocenters. The average Bonchev–Trinajstić information content (AvgIpc) is 2.58. The van der Waals surface area contributed by atoms with Crippen LogP contribution in [0.1, 0.15) is 46.0 Å². The third-order valence-corrected chi connectivity index (χ3v) is 4.69. The van der Waals surface area contributed by atoms with Gasteiger partial charge in [0.05, 0.1) is 18.8 Å². The van der Waals surface area contributed by atoms with Crippen molar-refractivity contribution >= 4 is 5.97 Å². The minimum absolute atomic E-state index is 0.113. The van der Waals surface area contributed by atoms with Gasteiger partial charge in [-0.15, -0.1) is 0 Å². The fraction of sp³-hybridized carbons (Fsp3) is 0.632. The molecule has 1 aliphatic carbocycles. The lowest BCUT2D eigenvalue weighted by Crippen LogP contribution is -2.47. The molecule has 0 saturated carbocycles. The minimum atomic E-state index is -1.28. The summed E-state index contributed by atoms with van der Waals surface area (Å²) in [5.41, 5.74) is 0.729. The number of carbonyl (C=O) groups is 1. The number of unbranched alkanes of at least 4 members (excludes halogenated alkanes) is 3. The molecule has 0 spiro atoms. The Kier molecular flexibility index (Phi) is 9.06. The van der Waals surface area contributed by atoms with Crippen LogP contribution in [0.25, 0.3) is 0 Å². The molecule has 1 aliphatic rings. The van der Waals surface area contributed by atoms with E-state index in [-0.39, 0.29) is 17.6 Å². The first-order chi connectivity index (χ1) is 11.8. The molecule has 4 atom stereocenters. The van der Waals surface area contributed by atoms with Gasteiger partial charge in [0.15, 0.2) is 0 Å². The zero-order valence-corrected chi connectivity index (χ0v) is 14.9. The van der Waals surface area contributed by atoms with E-state index in [4.69, 9.17) is 5.11 Å². The van der Waals surface area contributed by atoms with Gasteiger partial charge in [-0.1, -0.05) is 38.0 Å². The van der Waals surface area contributed by atoms with Crippen LogP contribution in [0, 0.1) is 5.92 Å². The predicted octanol–water partition coefficient (Wildman–Crippen LogP) is 1.55. The molecule has 0 aromatic heterocycles. The zero-order valence-electron chi connectivity index (χ0n) is 14.9. The summed E-state index contributed by atoms with van der Waals surface area (Å²) in [5.74, 6) is -1.81. The SMILES string of the molecule is CCCCC/C=C/C1=C(CO)[C@@H](O)[C@@H](O)[C@H](C/C=C(\C)C(=O)O)[C@@H]1O. The molecule has 0 bridgehead atoms. The Labute approximate surface area is 148 Å². The van der Waals surface area contributed by atoms with Crippen LogP contribution in [-0.2, 0) is 4.79 Å². The number of aliphatic carboxylic acids is 1. The fourth-order valence-corrected chi connectivity index (χ4v) is 3.00. The minimum Gasteiger partial charge on any atom is -0.478 e. The zero-order chi connectivity index (χ0) is 19.0. The number of hydrogen-bond donors (Lipinski definition) is 5. The van der Waals surface area contributed by atoms with Gasteiger partial charge < -0.3 is 25.5 Å². The summed E-state index contributed by atoms with van der Waals surface area (Å²) >= 11 is 0. The lowest BCUT2D eigenvalue weighted by atomic mass is 9.75. The first kappa shape index (κ1) is 21.6. The van der Waals surface area contributed by atoms with Crippen molar-refractivity contribution in [1.82, 2.24) is 0 Å². The number of allylic oxidation sites excluding steroid dienone is 2. The molecule has 0 amide bonds. The topological polar surface area (TPSA) is 118 Å². The number of carboxylic acids is 1. The number of hydrogen-bond acceptors (Lipinski definition) is 5. The first-order valence-corrected chi connectivity index (χ1v) is 8.79. The number of carboxylic acid groups (broad SMARTS) is 1. The maximum atomic E-state index is 10.9. The average molecular weight is 354 g/mol. The lowest BCUT2D eigenvalue weighted by Gasteiger charge is -2.38. The molecule has 0 aromatic carbocycles. The van der Waals surface area contributed by atoms with E-state index in [0.717, 1.165) is 25.7 Å². The van der Waals surface area contributed by atoms with Crippen LogP contribution >= 0.6 is 0 Å². The van der Waals surface area contributed by atoms with Gasteiger partial charge in [-0.25, -0.2) is 4.79 Å². The Hall–Kier alpha value is -1.47. The number of aliphatic hydroxyl groups is 4. The monoisotopic (exact) mass is 354 g/mol. The standard InChI is InChI=1S/C19H30O6/c1-3-4-5-6-7-8-13-15(11-20)18(23)17(22)14(16(13)21)10-9-12(2)19(24)25/h7-9,14,16-18,20-23H,3-6,10-11H2,1-2H3,(H,24,25)/b8-7+,12-9+/t14-,16-,17+,18-/m1/s1. The fourth-order valence-electron chi connectivity index (χ4n) is 3.00. The maximum Gasteiger partial charge on any atom is 0.330 e. The maximum absolute atomic E-state index is 10.9. The molecule has 0 saturated heterocycles. The van der Waals surface area contributed by atoms with E-state index >= 15 is 0 Å². The van der Waals surface area contributed by atoms with Crippen LogP contribution in [0.5, 0.6) is 0 Å². The molecule has 25 heavy (non-hydrogen) atoms. The van der Waals surface area contributed by atoms with Crippen LogP contribution in [0.2, 0.25) is 0 Å². The van der Waals surface area contributed by atoms with Gasteiger partial charge in [0.25, 0.3) is 0 Å². The van der Waals surface area contributed by atoms with E-state index in [0.29, 0.717) is 5.57 Å². The van der Waals surface area contributed by atoms with Gasteiger partial charge in [0, 0.05) is 11.5 Å². The van der Waals surface area contributed by atoms with Crippen molar-refractivity contribution in [2.75, 3.05) is 6.61 Å². The molecule has 6 nitrogen and oxygen atoms in total. The highest BCUT2D eigenvalue weighted by atomic mass is 16.4. The van der Waals surface area contributed by atoms with Crippen LogP contribution in [0.4, 0.5) is 0 Å². The van der Waals surface area contributed by atoms with Crippen molar-refractivity contribution in [3.63, 3.8) is 0 Å². The van der Waals surface area contributed by atoms with Crippen LogP contribution in [0.3, 0.4) is 0 Å². The summed E-state index contributed by atoms with van der Waals surface area (Å²) in [7, 11) is 0. The molecule has 0 fully saturated rings. The van der Waals surface area contributed by atoms with Gasteiger partial charge in [-0.05, 0) is 37.3 Å². The Bertz CT molecular complexity index is 534. The van der Waals surface area contributed by atoms with Crippen molar-refractivity contribution in [2.45, 2.75) is 64.3 Å². The molecule has 6 heteroatoms. The van der Waals surface area contributed by atoms with E-state index in [9.17, 15) is 25.2 Å². The van der Waals surface area contributed by atoms with Crippen molar-refractivity contribution in [3.05, 3.63) is 34.9 Å². The van der Waals surface area contributed by atoms with Crippen LogP contribution < -0.4 is 0 Å². The number of aliphatic hydroxyl groups excluding tert-OH is 4. The lowest BCUT2D eigenvalue weighted by molar-refractivity contribution is -0.132. The van der Waals surface area contributed by atoms with E-state index < -0.39 is 36.8 Å². The normalized spacial score (nSPS) is 28.0. The molecule has 5 N–H and O–H groups in total. The molecule has 0 aliphatic heterocycles. The summed E-state index contributed by atoms with van der Waals surface area (Å²) in [5, 5.41) is 49.6. The molecule has 1 rings (SSSR count). The highest BCUT2D eigenvalue weighted by Gasteiger charge is 2.40. The second-order valence-electron chi connectivity index (χ2n) is 6.51. The third-order valence-electron chi connectivity index (χ3n) is 4.69. The second-order valence-corrected chi connectivity index (χ2v) is 6.51. The van der Waals surface area contributed by atoms with Crippen molar-refractivity contribution in [1.29, 1.82) is 0 Å². The predicted molar refractivity (Wildman–Crippen MR) is 94.9 cm³/mol. The summed E-state index contributed by atoms with van der Waals surface area (Å²) in [6, 6.07) is 0. The summed E-state index contributed by atoms with van der Waals surface area (Å²) in [6.07, 6.45) is 5.53. The van der Waals surface area contributed by atoms with Gasteiger partial charge in [-0.2, -0.15) is 0 Å². The van der Waals surface area contributed by atoms with Crippen LogP contribution in [0.15, 0.2) is 34.9 Å².